The van der Waals surface area contributed by atoms with Crippen LogP contribution >= 0.6 is 12.4 Å². The lowest BCUT2D eigenvalue weighted by Crippen LogP contribution is -2.19. The van der Waals surface area contributed by atoms with E-state index in [1.54, 1.807) is 7.05 Å². The smallest absolute Gasteiger partial charge is 0.233 e. The average molecular weight is 465 g/mol. The first-order valence-corrected chi connectivity index (χ1v) is 10.5. The molecule has 0 radical (unpaired) electrons. The molecular weight excluding hydrogens is 440 g/mol. The lowest BCUT2D eigenvalue weighted by atomic mass is 10.2. The molecule has 0 saturated heterocycles. The Morgan fingerprint density at radius 3 is 1.42 bits per heavy atom. The van der Waals surface area contributed by atoms with Crippen LogP contribution < -0.4 is 26.6 Å². The molecule has 5 N–H and O–H groups in total. The van der Waals surface area contributed by atoms with Crippen molar-refractivity contribution in [2.45, 2.75) is 0 Å². The summed E-state index contributed by atoms with van der Waals surface area (Å²) in [5, 5.41) is 16.0. The SMILES string of the molecule is CNc1nc(Nc2ccc(C3=NCCN3)cc2)nc(Nc2ccc(C3=NCCN3)cc2)n1.Cl. The van der Waals surface area contributed by atoms with Gasteiger partial charge in [-0.15, -0.1) is 12.4 Å². The molecule has 170 valence electrons. The summed E-state index contributed by atoms with van der Waals surface area (Å²) in [5.74, 6) is 3.21. The third kappa shape index (κ3) is 5.29. The molecule has 2 aromatic carbocycles. The molecule has 5 rings (SSSR count). The van der Waals surface area contributed by atoms with Gasteiger partial charge in [-0.25, -0.2) is 0 Å². The number of nitrogens with zero attached hydrogens (tertiary/aromatic N) is 5. The fourth-order valence-electron chi connectivity index (χ4n) is 3.46. The minimum absolute atomic E-state index is 0. The number of hydrogen-bond donors (Lipinski definition) is 5. The maximum Gasteiger partial charge on any atom is 0.233 e. The van der Waals surface area contributed by atoms with E-state index in [9.17, 15) is 0 Å². The molecule has 1 aromatic heterocycles. The van der Waals surface area contributed by atoms with Gasteiger partial charge in [-0.1, -0.05) is 0 Å². The maximum atomic E-state index is 4.52. The van der Waals surface area contributed by atoms with E-state index in [4.69, 9.17) is 0 Å². The standard InChI is InChI=1S/C22H24N10.ClH/c1-23-20-30-21(28-16-6-2-14(3-7-16)18-24-10-11-25-18)32-22(31-20)29-17-8-4-15(5-9-17)19-26-12-13-27-19;/h2-9H,10-13H2,1H3,(H,24,25)(H,26,27)(H3,23,28,29,30,31,32);1H. The molecule has 0 atom stereocenters. The number of halogens is 1. The van der Waals surface area contributed by atoms with Crippen molar-refractivity contribution < 1.29 is 0 Å². The van der Waals surface area contributed by atoms with E-state index in [1.165, 1.54) is 0 Å². The normalized spacial score (nSPS) is 14.3. The van der Waals surface area contributed by atoms with Crippen LogP contribution in [0.15, 0.2) is 58.5 Å². The Balaban J connectivity index is 0.00000259. The molecule has 2 aliphatic heterocycles. The van der Waals surface area contributed by atoms with E-state index in [1.807, 2.05) is 48.5 Å². The van der Waals surface area contributed by atoms with Crippen molar-refractivity contribution in [3.8, 4) is 0 Å². The molecule has 0 saturated carbocycles. The predicted octanol–water partition coefficient (Wildman–Crippen LogP) is 2.52. The number of hydrogen-bond acceptors (Lipinski definition) is 10. The van der Waals surface area contributed by atoms with Crippen molar-refractivity contribution in [1.82, 2.24) is 25.6 Å². The lowest BCUT2D eigenvalue weighted by Gasteiger charge is -2.11. The fraction of sp³-hybridized carbons (Fsp3) is 0.227. The van der Waals surface area contributed by atoms with Gasteiger partial charge in [0.25, 0.3) is 0 Å². The Hall–Kier alpha value is -3.92. The molecule has 0 spiro atoms. The minimum atomic E-state index is 0. The van der Waals surface area contributed by atoms with Crippen LogP contribution in [0.1, 0.15) is 11.1 Å². The van der Waals surface area contributed by atoms with Crippen LogP contribution in [-0.4, -0.2) is 59.8 Å². The highest BCUT2D eigenvalue weighted by Crippen LogP contribution is 2.20. The number of aliphatic imine (C=N–C) groups is 2. The van der Waals surface area contributed by atoms with E-state index in [2.05, 4.69) is 51.5 Å². The van der Waals surface area contributed by atoms with Gasteiger partial charge in [-0.3, -0.25) is 9.98 Å². The highest BCUT2D eigenvalue weighted by molar-refractivity contribution is 6.00. The summed E-state index contributed by atoms with van der Waals surface area (Å²) in [5.41, 5.74) is 3.87. The Morgan fingerprint density at radius 1 is 0.636 bits per heavy atom. The second-order valence-electron chi connectivity index (χ2n) is 7.28. The first-order valence-electron chi connectivity index (χ1n) is 10.5. The van der Waals surface area contributed by atoms with Gasteiger partial charge < -0.3 is 26.6 Å². The van der Waals surface area contributed by atoms with E-state index in [0.29, 0.717) is 17.8 Å². The number of aromatic nitrogens is 3. The van der Waals surface area contributed by atoms with E-state index >= 15 is 0 Å². The molecule has 0 fully saturated rings. The van der Waals surface area contributed by atoms with Crippen LogP contribution in [0, 0.1) is 0 Å². The van der Waals surface area contributed by atoms with Gasteiger partial charge in [0, 0.05) is 42.6 Å². The molecule has 33 heavy (non-hydrogen) atoms. The van der Waals surface area contributed by atoms with Crippen LogP contribution in [0.5, 0.6) is 0 Å². The van der Waals surface area contributed by atoms with E-state index < -0.39 is 0 Å². The summed E-state index contributed by atoms with van der Waals surface area (Å²) >= 11 is 0. The Bertz CT molecular complexity index is 1070. The first kappa shape index (κ1) is 22.3. The number of rotatable bonds is 7. The lowest BCUT2D eigenvalue weighted by molar-refractivity contribution is 0.960. The monoisotopic (exact) mass is 464 g/mol. The second kappa shape index (κ2) is 10.1. The van der Waals surface area contributed by atoms with Gasteiger partial charge in [-0.2, -0.15) is 15.0 Å². The third-order valence-electron chi connectivity index (χ3n) is 5.04. The number of nitrogens with one attached hydrogen (secondary N) is 5. The van der Waals surface area contributed by atoms with Gasteiger partial charge in [0.05, 0.1) is 13.1 Å². The highest BCUT2D eigenvalue weighted by atomic mass is 35.5. The van der Waals surface area contributed by atoms with Crippen molar-refractivity contribution in [3.05, 3.63) is 59.7 Å². The second-order valence-corrected chi connectivity index (χ2v) is 7.28. The zero-order chi connectivity index (χ0) is 21.8. The van der Waals surface area contributed by atoms with Crippen LogP contribution in [-0.2, 0) is 0 Å². The zero-order valence-electron chi connectivity index (χ0n) is 18.1. The number of amidine groups is 2. The largest absolute Gasteiger partial charge is 0.368 e. The van der Waals surface area contributed by atoms with Crippen LogP contribution in [0.25, 0.3) is 0 Å². The number of benzene rings is 2. The van der Waals surface area contributed by atoms with E-state index in [0.717, 1.165) is 60.4 Å². The predicted molar refractivity (Wildman–Crippen MR) is 135 cm³/mol. The molecule has 3 aromatic rings. The molecule has 0 amide bonds. The summed E-state index contributed by atoms with van der Waals surface area (Å²) in [4.78, 5) is 22.2. The molecule has 2 aliphatic rings. The van der Waals surface area contributed by atoms with Crippen LogP contribution in [0.4, 0.5) is 29.2 Å². The van der Waals surface area contributed by atoms with Crippen molar-refractivity contribution in [3.63, 3.8) is 0 Å². The van der Waals surface area contributed by atoms with Gasteiger partial charge >= 0.3 is 0 Å². The van der Waals surface area contributed by atoms with Crippen molar-refractivity contribution in [2.75, 3.05) is 49.2 Å². The first-order chi connectivity index (χ1) is 15.8. The van der Waals surface area contributed by atoms with Crippen LogP contribution in [0.2, 0.25) is 0 Å². The molecule has 0 unspecified atom stereocenters. The van der Waals surface area contributed by atoms with Gasteiger partial charge in [0.1, 0.15) is 11.7 Å². The fourth-order valence-corrected chi connectivity index (χ4v) is 3.46. The van der Waals surface area contributed by atoms with Gasteiger partial charge in [-0.05, 0) is 48.5 Å². The number of anilines is 5. The zero-order valence-corrected chi connectivity index (χ0v) is 18.9. The van der Waals surface area contributed by atoms with E-state index in [-0.39, 0.29) is 12.4 Å². The highest BCUT2D eigenvalue weighted by Gasteiger charge is 2.11. The Labute approximate surface area is 197 Å². The molecular formula is C22H25ClN10. The molecule has 3 heterocycles. The Kier molecular flexibility index (Phi) is 6.84. The summed E-state index contributed by atoms with van der Waals surface area (Å²) in [6.07, 6.45) is 0. The summed E-state index contributed by atoms with van der Waals surface area (Å²) < 4.78 is 0. The summed E-state index contributed by atoms with van der Waals surface area (Å²) in [7, 11) is 1.77. The summed E-state index contributed by atoms with van der Waals surface area (Å²) in [6.45, 7) is 3.41. The van der Waals surface area contributed by atoms with Crippen molar-refractivity contribution in [2.24, 2.45) is 9.98 Å². The maximum absolute atomic E-state index is 4.52. The third-order valence-corrected chi connectivity index (χ3v) is 5.04. The average Bonchev–Trinajstić information content (AvgIpc) is 3.55. The molecule has 10 nitrogen and oxygen atoms in total. The van der Waals surface area contributed by atoms with Crippen LogP contribution in [0.3, 0.4) is 0 Å². The quantitative estimate of drug-likeness (QED) is 0.361. The minimum Gasteiger partial charge on any atom is -0.368 e. The Morgan fingerprint density at radius 2 is 1.06 bits per heavy atom. The molecule has 0 aliphatic carbocycles. The summed E-state index contributed by atoms with van der Waals surface area (Å²) in [6, 6.07) is 16.0. The molecule has 11 heteroatoms. The topological polar surface area (TPSA) is 124 Å². The molecule has 0 bridgehead atoms. The van der Waals surface area contributed by atoms with Crippen molar-refractivity contribution >= 4 is 53.3 Å². The van der Waals surface area contributed by atoms with Gasteiger partial charge in [0.15, 0.2) is 0 Å². The van der Waals surface area contributed by atoms with Gasteiger partial charge in [0.2, 0.25) is 17.8 Å². The van der Waals surface area contributed by atoms with Crippen molar-refractivity contribution in [1.29, 1.82) is 0 Å².